The molecule has 1 rings (SSSR count). The van der Waals surface area contributed by atoms with Crippen molar-refractivity contribution in [2.75, 3.05) is 13.2 Å². The highest BCUT2D eigenvalue weighted by atomic mass is 16.5. The van der Waals surface area contributed by atoms with Crippen LogP contribution >= 0.6 is 0 Å². The minimum atomic E-state index is -0.458. The Morgan fingerprint density at radius 3 is 3.10 bits per heavy atom. The molecule has 2 N–H and O–H groups in total. The first-order valence-electron chi connectivity index (χ1n) is 3.35. The van der Waals surface area contributed by atoms with Crippen LogP contribution in [0.3, 0.4) is 0 Å². The van der Waals surface area contributed by atoms with Gasteiger partial charge in [-0.05, 0) is 12.8 Å². The Morgan fingerprint density at radius 1 is 1.80 bits per heavy atom. The van der Waals surface area contributed by atoms with Gasteiger partial charge in [-0.1, -0.05) is 0 Å². The molecule has 0 saturated carbocycles. The minimum Gasteiger partial charge on any atom is -0.387 e. The van der Waals surface area contributed by atoms with Crippen LogP contribution in [-0.4, -0.2) is 30.5 Å². The first-order valence-corrected chi connectivity index (χ1v) is 3.35. The van der Waals surface area contributed by atoms with E-state index in [2.05, 4.69) is 5.32 Å². The summed E-state index contributed by atoms with van der Waals surface area (Å²) < 4.78 is 5.08. The first-order chi connectivity index (χ1) is 4.83. The quantitative estimate of drug-likeness (QED) is 0.536. The molecule has 0 aliphatic carbocycles. The van der Waals surface area contributed by atoms with Crippen molar-refractivity contribution in [3.63, 3.8) is 0 Å². The molecule has 58 valence electrons. The highest BCUT2D eigenvalue weighted by Crippen LogP contribution is 2.08. The van der Waals surface area contributed by atoms with Gasteiger partial charge in [0.1, 0.15) is 12.8 Å². The fourth-order valence-corrected chi connectivity index (χ4v) is 0.917. The topological polar surface area (TPSA) is 58.6 Å². The Morgan fingerprint density at radius 2 is 2.60 bits per heavy atom. The summed E-state index contributed by atoms with van der Waals surface area (Å²) in [6.45, 7) is 0.246. The summed E-state index contributed by atoms with van der Waals surface area (Å²) in [6, 6.07) is 0. The third-order valence-corrected chi connectivity index (χ3v) is 1.40. The van der Waals surface area contributed by atoms with Crippen molar-refractivity contribution in [1.82, 2.24) is 5.32 Å². The molecule has 10 heavy (non-hydrogen) atoms. The van der Waals surface area contributed by atoms with E-state index in [1.165, 1.54) is 0 Å². The maximum Gasteiger partial charge on any atom is 0.247 e. The van der Waals surface area contributed by atoms with Gasteiger partial charge in [-0.3, -0.25) is 4.79 Å². The molecule has 0 radical (unpaired) electrons. The van der Waals surface area contributed by atoms with E-state index in [4.69, 9.17) is 9.84 Å². The molecular weight excluding hydrogens is 134 g/mol. The number of rotatable bonds is 2. The molecular formula is C6H11NO3. The van der Waals surface area contributed by atoms with Crippen LogP contribution in [0.4, 0.5) is 0 Å². The number of carbonyl (C=O) groups is 1. The van der Waals surface area contributed by atoms with Gasteiger partial charge in [0.25, 0.3) is 0 Å². The van der Waals surface area contributed by atoms with Gasteiger partial charge >= 0.3 is 0 Å². The first kappa shape index (κ1) is 7.50. The van der Waals surface area contributed by atoms with Crippen LogP contribution in [0, 0.1) is 0 Å². The molecule has 1 aliphatic rings. The van der Waals surface area contributed by atoms with E-state index in [9.17, 15) is 4.79 Å². The van der Waals surface area contributed by atoms with Crippen molar-refractivity contribution < 1.29 is 14.6 Å². The van der Waals surface area contributed by atoms with E-state index in [0.29, 0.717) is 6.61 Å². The van der Waals surface area contributed by atoms with Crippen molar-refractivity contribution in [2.24, 2.45) is 0 Å². The average molecular weight is 145 g/mol. The molecule has 1 atom stereocenters. The van der Waals surface area contributed by atoms with Crippen LogP contribution in [0.1, 0.15) is 12.8 Å². The summed E-state index contributed by atoms with van der Waals surface area (Å²) in [5.74, 6) is -0.369. The van der Waals surface area contributed by atoms with Gasteiger partial charge in [-0.2, -0.15) is 0 Å². The highest BCUT2D eigenvalue weighted by molar-refractivity contribution is 5.77. The average Bonchev–Trinajstić information content (AvgIpc) is 2.40. The normalized spacial score (nSPS) is 24.7. The summed E-state index contributed by atoms with van der Waals surface area (Å²) in [7, 11) is 0. The van der Waals surface area contributed by atoms with E-state index in [-0.39, 0.29) is 12.1 Å². The fourth-order valence-electron chi connectivity index (χ4n) is 0.917. The summed E-state index contributed by atoms with van der Waals surface area (Å²) in [6.07, 6.45) is 1.67. The van der Waals surface area contributed by atoms with E-state index in [0.717, 1.165) is 12.8 Å². The molecule has 0 aromatic carbocycles. The molecule has 1 aliphatic heterocycles. The van der Waals surface area contributed by atoms with Gasteiger partial charge < -0.3 is 15.2 Å². The number of hydrogen-bond acceptors (Lipinski definition) is 3. The molecule has 0 spiro atoms. The van der Waals surface area contributed by atoms with Gasteiger partial charge in [-0.15, -0.1) is 0 Å². The van der Waals surface area contributed by atoms with E-state index >= 15 is 0 Å². The van der Waals surface area contributed by atoms with Gasteiger partial charge in [0, 0.05) is 6.61 Å². The zero-order valence-electron chi connectivity index (χ0n) is 5.67. The van der Waals surface area contributed by atoms with Crippen LogP contribution < -0.4 is 5.32 Å². The third-order valence-electron chi connectivity index (χ3n) is 1.40. The second-order valence-corrected chi connectivity index (χ2v) is 2.23. The number of ether oxygens (including phenoxy) is 1. The number of nitrogens with one attached hydrogen (secondary N) is 1. The molecule has 0 bridgehead atoms. The van der Waals surface area contributed by atoms with Crippen LogP contribution in [0.15, 0.2) is 0 Å². The summed E-state index contributed by atoms with van der Waals surface area (Å²) >= 11 is 0. The zero-order chi connectivity index (χ0) is 7.40. The number of hydrogen-bond donors (Lipinski definition) is 2. The second-order valence-electron chi connectivity index (χ2n) is 2.23. The molecule has 1 amide bonds. The predicted octanol–water partition coefficient (Wildman–Crippen LogP) is -0.769. The molecule has 1 heterocycles. The maximum atomic E-state index is 10.5. The number of amides is 1. The Balaban J connectivity index is 2.17. The Bertz CT molecular complexity index is 120. The Labute approximate surface area is 59.2 Å². The number of aliphatic hydroxyl groups excluding tert-OH is 1. The van der Waals surface area contributed by atoms with E-state index < -0.39 is 6.61 Å². The molecule has 1 unspecified atom stereocenters. The van der Waals surface area contributed by atoms with E-state index in [1.807, 2.05) is 0 Å². The SMILES string of the molecule is O=C(CO)NC1CCCO1. The largest absolute Gasteiger partial charge is 0.387 e. The standard InChI is InChI=1S/C6H11NO3/c8-4-5(9)7-6-2-1-3-10-6/h6,8H,1-4H2,(H,7,9). The molecule has 4 heteroatoms. The second kappa shape index (κ2) is 3.53. The van der Waals surface area contributed by atoms with E-state index in [1.54, 1.807) is 0 Å². The number of aliphatic hydroxyl groups is 1. The lowest BCUT2D eigenvalue weighted by molar-refractivity contribution is -0.127. The lowest BCUT2D eigenvalue weighted by Crippen LogP contribution is -2.35. The lowest BCUT2D eigenvalue weighted by atomic mass is 10.3. The van der Waals surface area contributed by atoms with Crippen LogP contribution in [0.5, 0.6) is 0 Å². The van der Waals surface area contributed by atoms with Crippen LogP contribution in [0.25, 0.3) is 0 Å². The molecule has 0 aromatic rings. The van der Waals surface area contributed by atoms with Crippen LogP contribution in [0.2, 0.25) is 0 Å². The van der Waals surface area contributed by atoms with Crippen molar-refractivity contribution >= 4 is 5.91 Å². The Kier molecular flexibility index (Phi) is 2.65. The van der Waals surface area contributed by atoms with Crippen molar-refractivity contribution in [3.8, 4) is 0 Å². The lowest BCUT2D eigenvalue weighted by Gasteiger charge is -2.09. The number of carbonyl (C=O) groups excluding carboxylic acids is 1. The molecule has 0 aromatic heterocycles. The smallest absolute Gasteiger partial charge is 0.247 e. The monoisotopic (exact) mass is 145 g/mol. The minimum absolute atomic E-state index is 0.167. The fraction of sp³-hybridized carbons (Fsp3) is 0.833. The summed E-state index contributed by atoms with van der Waals surface area (Å²) in [5.41, 5.74) is 0. The van der Waals surface area contributed by atoms with Gasteiger partial charge in [-0.25, -0.2) is 0 Å². The highest BCUT2D eigenvalue weighted by Gasteiger charge is 2.16. The van der Waals surface area contributed by atoms with Gasteiger partial charge in [0.2, 0.25) is 5.91 Å². The van der Waals surface area contributed by atoms with Gasteiger partial charge in [0.15, 0.2) is 0 Å². The summed E-state index contributed by atoms with van der Waals surface area (Å²) in [4.78, 5) is 10.5. The zero-order valence-corrected chi connectivity index (χ0v) is 5.67. The van der Waals surface area contributed by atoms with Gasteiger partial charge in [0.05, 0.1) is 0 Å². The van der Waals surface area contributed by atoms with Crippen molar-refractivity contribution in [1.29, 1.82) is 0 Å². The summed E-state index contributed by atoms with van der Waals surface area (Å²) in [5, 5.41) is 10.8. The van der Waals surface area contributed by atoms with Crippen molar-refractivity contribution in [3.05, 3.63) is 0 Å². The predicted molar refractivity (Wildman–Crippen MR) is 34.2 cm³/mol. The van der Waals surface area contributed by atoms with Crippen LogP contribution in [-0.2, 0) is 9.53 Å². The Hall–Kier alpha value is -0.610. The third kappa shape index (κ3) is 1.97. The molecule has 1 saturated heterocycles. The molecule has 4 nitrogen and oxygen atoms in total. The maximum absolute atomic E-state index is 10.5. The van der Waals surface area contributed by atoms with Crippen molar-refractivity contribution in [2.45, 2.75) is 19.1 Å². The molecule has 1 fully saturated rings.